The Kier molecular flexibility index (Phi) is 5.64. The molecular formula is C20H12Cl2N2O3. The van der Waals surface area contributed by atoms with Crippen molar-refractivity contribution in [3.05, 3.63) is 104 Å². The normalized spacial score (nSPS) is 10.9. The molecule has 0 unspecified atom stereocenters. The summed E-state index contributed by atoms with van der Waals surface area (Å²) in [6.07, 6.45) is 1.46. The molecule has 5 nitrogen and oxygen atoms in total. The average molecular weight is 399 g/mol. The number of rotatable bonds is 5. The number of carbonyl (C=O) groups is 1. The minimum absolute atomic E-state index is 0.0394. The Morgan fingerprint density at radius 2 is 1.74 bits per heavy atom. The fourth-order valence-electron chi connectivity index (χ4n) is 2.46. The van der Waals surface area contributed by atoms with Gasteiger partial charge in [-0.3, -0.25) is 19.9 Å². The number of ketones is 1. The summed E-state index contributed by atoms with van der Waals surface area (Å²) in [4.78, 5) is 27.6. The van der Waals surface area contributed by atoms with Crippen molar-refractivity contribution in [3.63, 3.8) is 0 Å². The van der Waals surface area contributed by atoms with E-state index in [1.807, 2.05) is 0 Å². The third-order valence-corrected chi connectivity index (χ3v) is 4.32. The Morgan fingerprint density at radius 3 is 2.48 bits per heavy atom. The molecule has 134 valence electrons. The van der Waals surface area contributed by atoms with Crippen LogP contribution in [-0.2, 0) is 0 Å². The van der Waals surface area contributed by atoms with E-state index in [1.54, 1.807) is 48.5 Å². The number of aliphatic imine (C=N–C) groups is 1. The van der Waals surface area contributed by atoms with Gasteiger partial charge in [0.05, 0.1) is 15.6 Å². The molecule has 0 saturated heterocycles. The van der Waals surface area contributed by atoms with Gasteiger partial charge in [0.2, 0.25) is 0 Å². The average Bonchev–Trinajstić information content (AvgIpc) is 2.67. The summed E-state index contributed by atoms with van der Waals surface area (Å²) in [5.74, 6) is -0.311. The second kappa shape index (κ2) is 8.12. The van der Waals surface area contributed by atoms with E-state index in [-0.39, 0.29) is 17.0 Å². The number of hydrogen-bond acceptors (Lipinski definition) is 4. The van der Waals surface area contributed by atoms with Gasteiger partial charge < -0.3 is 0 Å². The first-order valence-electron chi connectivity index (χ1n) is 7.83. The summed E-state index contributed by atoms with van der Waals surface area (Å²) in [5.41, 5.74) is 1.51. The molecule has 0 fully saturated rings. The van der Waals surface area contributed by atoms with Gasteiger partial charge >= 0.3 is 0 Å². The highest BCUT2D eigenvalue weighted by Crippen LogP contribution is 2.28. The SMILES string of the molecule is O=C(c1ccccc1Cl)c1cc(Cl)ccc1N=Cc1cccc([N+](=O)[O-])c1. The van der Waals surface area contributed by atoms with Crippen molar-refractivity contribution in [2.45, 2.75) is 0 Å². The predicted molar refractivity (Wildman–Crippen MR) is 107 cm³/mol. The number of benzene rings is 3. The molecule has 27 heavy (non-hydrogen) atoms. The van der Waals surface area contributed by atoms with Gasteiger partial charge in [-0.1, -0.05) is 47.5 Å². The van der Waals surface area contributed by atoms with Gasteiger partial charge in [-0.25, -0.2) is 0 Å². The number of halogens is 2. The highest BCUT2D eigenvalue weighted by Gasteiger charge is 2.16. The number of nitro groups is 1. The predicted octanol–water partition coefficient (Wildman–Crippen LogP) is 5.88. The third-order valence-electron chi connectivity index (χ3n) is 3.76. The standard InChI is InChI=1S/C20H12Cl2N2O3/c21-14-8-9-19(23-12-13-4-3-5-15(10-13)24(26)27)17(11-14)20(25)16-6-1-2-7-18(16)22/h1-12H. The molecule has 0 saturated carbocycles. The molecule has 0 aliphatic heterocycles. The lowest BCUT2D eigenvalue weighted by atomic mass is 10.0. The first-order chi connectivity index (χ1) is 13.0. The van der Waals surface area contributed by atoms with Crippen LogP contribution in [0.1, 0.15) is 21.5 Å². The first kappa shape index (κ1) is 18.8. The van der Waals surface area contributed by atoms with Gasteiger partial charge in [-0.05, 0) is 35.9 Å². The lowest BCUT2D eigenvalue weighted by Crippen LogP contribution is -2.02. The summed E-state index contributed by atoms with van der Waals surface area (Å²) < 4.78 is 0. The maximum Gasteiger partial charge on any atom is 0.270 e. The van der Waals surface area contributed by atoms with E-state index in [1.165, 1.54) is 24.4 Å². The summed E-state index contributed by atoms with van der Waals surface area (Å²) in [6.45, 7) is 0. The fourth-order valence-corrected chi connectivity index (χ4v) is 2.85. The van der Waals surface area contributed by atoms with Crippen LogP contribution in [0.2, 0.25) is 10.0 Å². The second-order valence-corrected chi connectivity index (χ2v) is 6.42. The molecule has 0 atom stereocenters. The molecule has 3 aromatic rings. The maximum atomic E-state index is 12.9. The molecule has 0 aliphatic rings. The van der Waals surface area contributed by atoms with Crippen molar-refractivity contribution in [1.29, 1.82) is 0 Å². The van der Waals surface area contributed by atoms with E-state index in [0.29, 0.717) is 26.9 Å². The fraction of sp³-hybridized carbons (Fsp3) is 0. The molecule has 0 radical (unpaired) electrons. The Morgan fingerprint density at radius 1 is 0.963 bits per heavy atom. The van der Waals surface area contributed by atoms with E-state index in [0.717, 1.165) is 0 Å². The maximum absolute atomic E-state index is 12.9. The Bertz CT molecular complexity index is 1060. The van der Waals surface area contributed by atoms with Crippen LogP contribution in [0.4, 0.5) is 11.4 Å². The van der Waals surface area contributed by atoms with E-state index in [9.17, 15) is 14.9 Å². The zero-order chi connectivity index (χ0) is 19.4. The van der Waals surface area contributed by atoms with Gasteiger partial charge in [0, 0.05) is 34.5 Å². The smallest absolute Gasteiger partial charge is 0.270 e. The monoisotopic (exact) mass is 398 g/mol. The largest absolute Gasteiger partial charge is 0.288 e. The van der Waals surface area contributed by atoms with Gasteiger partial charge in [0.25, 0.3) is 5.69 Å². The number of carbonyl (C=O) groups excluding carboxylic acids is 1. The Hall–Kier alpha value is -3.02. The molecule has 3 aromatic carbocycles. The van der Waals surface area contributed by atoms with Crippen LogP contribution in [0.5, 0.6) is 0 Å². The van der Waals surface area contributed by atoms with Crippen molar-refractivity contribution in [2.75, 3.05) is 0 Å². The minimum atomic E-state index is -0.480. The molecular weight excluding hydrogens is 387 g/mol. The number of nitrogens with zero attached hydrogens (tertiary/aromatic N) is 2. The van der Waals surface area contributed by atoms with Crippen molar-refractivity contribution < 1.29 is 9.72 Å². The van der Waals surface area contributed by atoms with Crippen molar-refractivity contribution in [3.8, 4) is 0 Å². The molecule has 0 amide bonds. The Labute approximate surface area is 165 Å². The summed E-state index contributed by atoms with van der Waals surface area (Å²) in [6, 6.07) is 17.5. The summed E-state index contributed by atoms with van der Waals surface area (Å²) in [5, 5.41) is 11.6. The van der Waals surface area contributed by atoms with Gasteiger partial charge in [-0.2, -0.15) is 0 Å². The van der Waals surface area contributed by atoms with Crippen LogP contribution < -0.4 is 0 Å². The van der Waals surface area contributed by atoms with Crippen molar-refractivity contribution >= 4 is 46.6 Å². The molecule has 0 spiro atoms. The highest BCUT2D eigenvalue weighted by atomic mass is 35.5. The Balaban J connectivity index is 2.00. The van der Waals surface area contributed by atoms with E-state index in [2.05, 4.69) is 4.99 Å². The number of hydrogen-bond donors (Lipinski definition) is 0. The van der Waals surface area contributed by atoms with E-state index < -0.39 is 4.92 Å². The second-order valence-electron chi connectivity index (χ2n) is 5.58. The van der Waals surface area contributed by atoms with Crippen LogP contribution in [-0.4, -0.2) is 16.9 Å². The molecule has 0 N–H and O–H groups in total. The van der Waals surface area contributed by atoms with Gasteiger partial charge in [0.1, 0.15) is 0 Å². The number of non-ortho nitro benzene ring substituents is 1. The van der Waals surface area contributed by atoms with Crippen molar-refractivity contribution in [2.24, 2.45) is 4.99 Å². The zero-order valence-electron chi connectivity index (χ0n) is 13.8. The van der Waals surface area contributed by atoms with Crippen LogP contribution in [0, 0.1) is 10.1 Å². The van der Waals surface area contributed by atoms with Crippen molar-refractivity contribution in [1.82, 2.24) is 0 Å². The third kappa shape index (κ3) is 4.39. The number of nitro benzene ring substituents is 1. The topological polar surface area (TPSA) is 72.6 Å². The molecule has 0 heterocycles. The summed E-state index contributed by atoms with van der Waals surface area (Å²) >= 11 is 12.2. The zero-order valence-corrected chi connectivity index (χ0v) is 15.3. The molecule has 7 heteroatoms. The highest BCUT2D eigenvalue weighted by molar-refractivity contribution is 6.35. The molecule has 0 aromatic heterocycles. The lowest BCUT2D eigenvalue weighted by molar-refractivity contribution is -0.384. The van der Waals surface area contributed by atoms with E-state index in [4.69, 9.17) is 23.2 Å². The van der Waals surface area contributed by atoms with Crippen LogP contribution >= 0.6 is 23.2 Å². The first-order valence-corrected chi connectivity index (χ1v) is 8.58. The lowest BCUT2D eigenvalue weighted by Gasteiger charge is -2.07. The van der Waals surface area contributed by atoms with Crippen LogP contribution in [0.15, 0.2) is 71.7 Å². The molecule has 3 rings (SSSR count). The van der Waals surface area contributed by atoms with Crippen LogP contribution in [0.3, 0.4) is 0 Å². The molecule has 0 aliphatic carbocycles. The van der Waals surface area contributed by atoms with Gasteiger partial charge in [-0.15, -0.1) is 0 Å². The quantitative estimate of drug-likeness (QED) is 0.233. The van der Waals surface area contributed by atoms with Crippen LogP contribution in [0.25, 0.3) is 0 Å². The van der Waals surface area contributed by atoms with Gasteiger partial charge in [0.15, 0.2) is 5.78 Å². The van der Waals surface area contributed by atoms with E-state index >= 15 is 0 Å². The minimum Gasteiger partial charge on any atom is -0.288 e. The summed E-state index contributed by atoms with van der Waals surface area (Å²) in [7, 11) is 0. The molecule has 0 bridgehead atoms.